The number of rotatable bonds is 10. The normalized spacial score (nSPS) is 17.7. The third-order valence-corrected chi connectivity index (χ3v) is 8.14. The summed E-state index contributed by atoms with van der Waals surface area (Å²) in [5, 5.41) is 10.5. The molecule has 2 atom stereocenters. The fourth-order valence-corrected chi connectivity index (χ4v) is 6.06. The molecule has 3 rings (SSSR count). The number of benzene rings is 2. The summed E-state index contributed by atoms with van der Waals surface area (Å²) in [5.41, 5.74) is -4.30. The molecule has 1 aliphatic rings. The highest BCUT2D eigenvalue weighted by atomic mass is 19.4. The van der Waals surface area contributed by atoms with E-state index in [1.54, 1.807) is 0 Å². The molecule has 0 aliphatic heterocycles. The van der Waals surface area contributed by atoms with Crippen molar-refractivity contribution in [3.63, 3.8) is 0 Å². The van der Waals surface area contributed by atoms with E-state index < -0.39 is 40.4 Å². The second kappa shape index (κ2) is 12.5. The Morgan fingerprint density at radius 2 is 1.47 bits per heavy atom. The highest BCUT2D eigenvalue weighted by Gasteiger charge is 2.51. The molecule has 0 bridgehead atoms. The molecule has 0 aromatic heterocycles. The Morgan fingerprint density at radius 3 is 1.97 bits per heavy atom. The van der Waals surface area contributed by atoms with E-state index in [0.717, 1.165) is 24.5 Å². The summed E-state index contributed by atoms with van der Waals surface area (Å²) in [7, 11) is 0. The van der Waals surface area contributed by atoms with Gasteiger partial charge < -0.3 is 4.90 Å². The number of hydrogen-bond donors (Lipinski definition) is 0. The average molecular weight is 539 g/mol. The lowest BCUT2D eigenvalue weighted by atomic mass is 9.61. The first kappa shape index (κ1) is 30.0. The molecular formula is C30H36F6N2. The smallest absolute Gasteiger partial charge is 0.301 e. The molecule has 0 N–H and O–H groups in total. The minimum Gasteiger partial charge on any atom is -0.301 e. The molecular weight excluding hydrogens is 502 g/mol. The van der Waals surface area contributed by atoms with Crippen molar-refractivity contribution in [2.45, 2.75) is 89.0 Å². The van der Waals surface area contributed by atoms with Crippen LogP contribution >= 0.6 is 0 Å². The van der Waals surface area contributed by atoms with Crippen molar-refractivity contribution in [3.8, 4) is 6.07 Å². The molecule has 0 saturated heterocycles. The summed E-state index contributed by atoms with van der Waals surface area (Å²) in [6.45, 7) is 5.32. The SMILES string of the molecule is CCN(CCc1ccccc1)C(C)CCC(C#N)(c1c(C(F)(F)F)cccc1C(F)(F)F)C1CCCCC1. The van der Waals surface area contributed by atoms with Crippen LogP contribution in [0, 0.1) is 17.2 Å². The van der Waals surface area contributed by atoms with E-state index in [1.165, 1.54) is 0 Å². The number of nitrogens with zero attached hydrogens (tertiary/aromatic N) is 2. The lowest BCUT2D eigenvalue weighted by Gasteiger charge is -2.42. The van der Waals surface area contributed by atoms with E-state index in [-0.39, 0.29) is 12.5 Å². The van der Waals surface area contributed by atoms with Crippen LogP contribution in [0.2, 0.25) is 0 Å². The fraction of sp³-hybridized carbons (Fsp3) is 0.567. The minimum atomic E-state index is -5.01. The third kappa shape index (κ3) is 6.91. The van der Waals surface area contributed by atoms with E-state index >= 15 is 0 Å². The Balaban J connectivity index is 2.01. The van der Waals surface area contributed by atoms with E-state index in [1.807, 2.05) is 44.2 Å². The molecule has 208 valence electrons. The predicted molar refractivity (Wildman–Crippen MR) is 136 cm³/mol. The summed E-state index contributed by atoms with van der Waals surface area (Å²) in [6, 6.07) is 14.0. The Hall–Kier alpha value is -2.53. The van der Waals surface area contributed by atoms with Crippen LogP contribution in [-0.4, -0.2) is 24.0 Å². The first-order valence-corrected chi connectivity index (χ1v) is 13.4. The van der Waals surface area contributed by atoms with E-state index in [4.69, 9.17) is 0 Å². The second-order valence-electron chi connectivity index (χ2n) is 10.4. The quantitative estimate of drug-likeness (QED) is 0.283. The number of alkyl halides is 6. The van der Waals surface area contributed by atoms with Crippen molar-refractivity contribution in [2.75, 3.05) is 13.1 Å². The monoisotopic (exact) mass is 538 g/mol. The number of halogens is 6. The lowest BCUT2D eigenvalue weighted by Crippen LogP contribution is -2.42. The van der Waals surface area contributed by atoms with Gasteiger partial charge in [-0.15, -0.1) is 0 Å². The summed E-state index contributed by atoms with van der Waals surface area (Å²) in [5.74, 6) is -0.572. The van der Waals surface area contributed by atoms with Gasteiger partial charge in [0.05, 0.1) is 22.6 Å². The molecule has 2 aromatic carbocycles. The van der Waals surface area contributed by atoms with Gasteiger partial charge >= 0.3 is 12.4 Å². The molecule has 2 aromatic rings. The van der Waals surface area contributed by atoms with Crippen molar-refractivity contribution in [1.29, 1.82) is 5.26 Å². The van der Waals surface area contributed by atoms with Crippen LogP contribution in [0.1, 0.15) is 81.0 Å². The molecule has 1 saturated carbocycles. The Morgan fingerprint density at radius 1 is 0.895 bits per heavy atom. The van der Waals surface area contributed by atoms with Crippen LogP contribution in [0.25, 0.3) is 0 Å². The third-order valence-electron chi connectivity index (χ3n) is 8.14. The van der Waals surface area contributed by atoms with Crippen molar-refractivity contribution in [3.05, 3.63) is 70.8 Å². The summed E-state index contributed by atoms with van der Waals surface area (Å²) >= 11 is 0. The van der Waals surface area contributed by atoms with Gasteiger partial charge in [0.2, 0.25) is 0 Å². The predicted octanol–water partition coefficient (Wildman–Crippen LogP) is 8.80. The maximum Gasteiger partial charge on any atom is 0.416 e. The van der Waals surface area contributed by atoms with Gasteiger partial charge in [0.15, 0.2) is 0 Å². The Kier molecular flexibility index (Phi) is 9.91. The van der Waals surface area contributed by atoms with Crippen molar-refractivity contribution < 1.29 is 26.3 Å². The van der Waals surface area contributed by atoms with Crippen molar-refractivity contribution >= 4 is 0 Å². The summed E-state index contributed by atoms with van der Waals surface area (Å²) in [6.07, 6.45) is -5.86. The number of nitriles is 1. The zero-order chi connectivity index (χ0) is 28.0. The number of likely N-dealkylation sites (N-methyl/N-ethyl adjacent to an activating group) is 1. The molecule has 38 heavy (non-hydrogen) atoms. The van der Waals surface area contributed by atoms with Gasteiger partial charge in [-0.25, -0.2) is 0 Å². The largest absolute Gasteiger partial charge is 0.416 e. The maximum atomic E-state index is 14.2. The number of hydrogen-bond acceptors (Lipinski definition) is 2. The standard InChI is InChI=1S/C30H36F6N2/c1-3-38(20-18-23-11-6-4-7-12-23)22(2)17-19-28(21-37,24-13-8-5-9-14-24)27-25(29(31,32)33)15-10-16-26(27)30(34,35)36/h4,6-7,10-12,15-16,22,24H,3,5,8-9,13-14,17-20H2,1-2H3. The van der Waals surface area contributed by atoms with Gasteiger partial charge in [-0.3, -0.25) is 0 Å². The van der Waals surface area contributed by atoms with E-state index in [0.29, 0.717) is 57.3 Å². The van der Waals surface area contributed by atoms with Gasteiger partial charge in [-0.1, -0.05) is 62.6 Å². The zero-order valence-corrected chi connectivity index (χ0v) is 22.0. The van der Waals surface area contributed by atoms with Crippen LogP contribution in [0.15, 0.2) is 48.5 Å². The molecule has 2 nitrogen and oxygen atoms in total. The van der Waals surface area contributed by atoms with Crippen molar-refractivity contribution in [1.82, 2.24) is 4.90 Å². The average Bonchev–Trinajstić information content (AvgIpc) is 2.89. The molecule has 1 aliphatic carbocycles. The summed E-state index contributed by atoms with van der Waals surface area (Å²) < 4.78 is 85.3. The minimum absolute atomic E-state index is 0.0622. The van der Waals surface area contributed by atoms with E-state index in [9.17, 15) is 31.6 Å². The summed E-state index contributed by atoms with van der Waals surface area (Å²) in [4.78, 5) is 2.18. The Labute approximate surface area is 221 Å². The molecule has 0 amide bonds. The van der Waals surface area contributed by atoms with Gasteiger partial charge in [-0.05, 0) is 74.8 Å². The van der Waals surface area contributed by atoms with Crippen LogP contribution in [0.4, 0.5) is 26.3 Å². The molecule has 0 radical (unpaired) electrons. The highest BCUT2D eigenvalue weighted by Crippen LogP contribution is 2.52. The fourth-order valence-electron chi connectivity index (χ4n) is 6.06. The van der Waals surface area contributed by atoms with Gasteiger partial charge in [-0.2, -0.15) is 31.6 Å². The molecule has 1 fully saturated rings. The first-order chi connectivity index (χ1) is 17.9. The molecule has 8 heteroatoms. The van der Waals surface area contributed by atoms with Gasteiger partial charge in [0.1, 0.15) is 0 Å². The van der Waals surface area contributed by atoms with Gasteiger partial charge in [0, 0.05) is 12.6 Å². The zero-order valence-electron chi connectivity index (χ0n) is 22.0. The molecule has 2 unspecified atom stereocenters. The molecule has 0 heterocycles. The van der Waals surface area contributed by atoms with Crippen LogP contribution in [0.5, 0.6) is 0 Å². The van der Waals surface area contributed by atoms with Crippen LogP contribution in [-0.2, 0) is 24.2 Å². The van der Waals surface area contributed by atoms with Crippen molar-refractivity contribution in [2.24, 2.45) is 5.92 Å². The Bertz CT molecular complexity index is 1030. The second-order valence-corrected chi connectivity index (χ2v) is 10.4. The first-order valence-electron chi connectivity index (χ1n) is 13.4. The molecule has 0 spiro atoms. The van der Waals surface area contributed by atoms with E-state index in [2.05, 4.69) is 11.0 Å². The van der Waals surface area contributed by atoms with Crippen LogP contribution in [0.3, 0.4) is 0 Å². The maximum absolute atomic E-state index is 14.2. The topological polar surface area (TPSA) is 27.0 Å². The van der Waals surface area contributed by atoms with Gasteiger partial charge in [0.25, 0.3) is 0 Å². The lowest BCUT2D eigenvalue weighted by molar-refractivity contribution is -0.145. The highest BCUT2D eigenvalue weighted by molar-refractivity contribution is 5.49. The van der Waals surface area contributed by atoms with Crippen LogP contribution < -0.4 is 0 Å².